The first kappa shape index (κ1) is 21.1. The lowest BCUT2D eigenvalue weighted by Crippen LogP contribution is -2.27. The molecule has 0 aliphatic carbocycles. The molecule has 3 rings (SSSR count). The molecule has 0 bridgehead atoms. The van der Waals surface area contributed by atoms with E-state index in [1.54, 1.807) is 12.1 Å². The van der Waals surface area contributed by atoms with Crippen LogP contribution in [0.3, 0.4) is 0 Å². The van der Waals surface area contributed by atoms with Gasteiger partial charge >= 0.3 is 5.97 Å². The Labute approximate surface area is 171 Å². The number of benzene rings is 1. The number of hydrogen-bond donors (Lipinski definition) is 0. The fourth-order valence-corrected chi connectivity index (χ4v) is 4.95. The summed E-state index contributed by atoms with van der Waals surface area (Å²) in [4.78, 5) is 25.0. The maximum atomic E-state index is 12.6. The lowest BCUT2D eigenvalue weighted by atomic mass is 10.1. The van der Waals surface area contributed by atoms with Gasteiger partial charge in [-0.3, -0.25) is 9.10 Å². The van der Waals surface area contributed by atoms with Crippen molar-refractivity contribution in [3.63, 3.8) is 0 Å². The standard InChI is InChI=1S/C21H26N2O5S/c1-13(2)23-14(3)10-18(15(23)4)20(24)12-28-21(25)17-6-7-19-16(11-17)8-9-22(19)29(5,26)27/h6-7,10-11,13H,8-9,12H2,1-5H3. The molecule has 0 atom stereocenters. The Morgan fingerprint density at radius 3 is 2.45 bits per heavy atom. The van der Waals surface area contributed by atoms with E-state index in [2.05, 4.69) is 4.57 Å². The van der Waals surface area contributed by atoms with Crippen LogP contribution >= 0.6 is 0 Å². The minimum absolute atomic E-state index is 0.233. The number of sulfonamides is 1. The van der Waals surface area contributed by atoms with Crippen LogP contribution in [0.25, 0.3) is 0 Å². The molecule has 156 valence electrons. The molecule has 0 amide bonds. The quantitative estimate of drug-likeness (QED) is 0.532. The topological polar surface area (TPSA) is 85.7 Å². The molecule has 0 fully saturated rings. The number of carbonyl (C=O) groups excluding carboxylic acids is 2. The number of ether oxygens (including phenoxy) is 1. The summed E-state index contributed by atoms with van der Waals surface area (Å²) in [7, 11) is -3.34. The Bertz CT molecular complexity index is 1080. The third-order valence-corrected chi connectivity index (χ3v) is 6.38. The van der Waals surface area contributed by atoms with Crippen LogP contribution in [-0.4, -0.2) is 44.1 Å². The number of aryl methyl sites for hydroxylation is 1. The molecule has 29 heavy (non-hydrogen) atoms. The Morgan fingerprint density at radius 2 is 1.86 bits per heavy atom. The number of nitrogens with zero attached hydrogens (tertiary/aromatic N) is 2. The number of ketones is 1. The van der Waals surface area contributed by atoms with Crippen molar-refractivity contribution < 1.29 is 22.7 Å². The molecule has 0 N–H and O–H groups in total. The number of carbonyl (C=O) groups is 2. The molecular formula is C21H26N2O5S. The van der Waals surface area contributed by atoms with E-state index in [0.717, 1.165) is 23.2 Å². The molecule has 8 heteroatoms. The molecule has 0 spiro atoms. The van der Waals surface area contributed by atoms with Gasteiger partial charge in [0.05, 0.1) is 17.5 Å². The van der Waals surface area contributed by atoms with Gasteiger partial charge in [0, 0.05) is 29.5 Å². The summed E-state index contributed by atoms with van der Waals surface area (Å²) in [6.45, 7) is 7.95. The summed E-state index contributed by atoms with van der Waals surface area (Å²) in [6.07, 6.45) is 1.69. The van der Waals surface area contributed by atoms with Gasteiger partial charge in [-0.2, -0.15) is 0 Å². The lowest BCUT2D eigenvalue weighted by molar-refractivity contribution is 0.0474. The van der Waals surface area contributed by atoms with Crippen LogP contribution in [0.15, 0.2) is 24.3 Å². The second-order valence-corrected chi connectivity index (χ2v) is 9.58. The third-order valence-electron chi connectivity index (χ3n) is 5.20. The van der Waals surface area contributed by atoms with Crippen LogP contribution < -0.4 is 4.31 Å². The first-order valence-electron chi connectivity index (χ1n) is 9.50. The average molecular weight is 419 g/mol. The van der Waals surface area contributed by atoms with Gasteiger partial charge in [-0.1, -0.05) is 0 Å². The maximum Gasteiger partial charge on any atom is 0.338 e. The van der Waals surface area contributed by atoms with Gasteiger partial charge < -0.3 is 9.30 Å². The van der Waals surface area contributed by atoms with Gasteiger partial charge in [0.15, 0.2) is 6.61 Å². The van der Waals surface area contributed by atoms with E-state index in [-0.39, 0.29) is 18.4 Å². The number of rotatable bonds is 6. The van der Waals surface area contributed by atoms with Crippen LogP contribution in [0.2, 0.25) is 0 Å². The molecule has 0 saturated heterocycles. The highest BCUT2D eigenvalue weighted by atomic mass is 32.2. The Hall–Kier alpha value is -2.61. The van der Waals surface area contributed by atoms with E-state index in [9.17, 15) is 18.0 Å². The zero-order valence-corrected chi connectivity index (χ0v) is 18.2. The van der Waals surface area contributed by atoms with Crippen LogP contribution in [0.5, 0.6) is 0 Å². The Morgan fingerprint density at radius 1 is 1.17 bits per heavy atom. The van der Waals surface area contributed by atoms with Crippen LogP contribution in [0, 0.1) is 13.8 Å². The highest BCUT2D eigenvalue weighted by Gasteiger charge is 2.27. The highest BCUT2D eigenvalue weighted by Crippen LogP contribution is 2.31. The van der Waals surface area contributed by atoms with Crippen molar-refractivity contribution in [1.82, 2.24) is 4.57 Å². The van der Waals surface area contributed by atoms with Gasteiger partial charge in [0.2, 0.25) is 15.8 Å². The molecular weight excluding hydrogens is 392 g/mol. The van der Waals surface area contributed by atoms with Gasteiger partial charge in [0.25, 0.3) is 0 Å². The number of Topliss-reactive ketones (excluding diaryl/α,β-unsaturated/α-hetero) is 1. The minimum Gasteiger partial charge on any atom is -0.454 e. The fourth-order valence-electron chi connectivity index (χ4n) is 3.99. The van der Waals surface area contributed by atoms with Crippen molar-refractivity contribution in [2.24, 2.45) is 0 Å². The van der Waals surface area contributed by atoms with Gasteiger partial charge in [-0.25, -0.2) is 13.2 Å². The van der Waals surface area contributed by atoms with Gasteiger partial charge in [-0.15, -0.1) is 0 Å². The normalized spacial score (nSPS) is 13.7. The number of hydrogen-bond acceptors (Lipinski definition) is 5. The maximum absolute atomic E-state index is 12.6. The number of esters is 1. The van der Waals surface area contributed by atoms with Crippen molar-refractivity contribution in [1.29, 1.82) is 0 Å². The number of fused-ring (bicyclic) bond motifs is 1. The van der Waals surface area contributed by atoms with Gasteiger partial charge in [0.1, 0.15) is 0 Å². The molecule has 1 aliphatic rings. The second-order valence-electron chi connectivity index (χ2n) is 7.68. The van der Waals surface area contributed by atoms with E-state index >= 15 is 0 Å². The zero-order valence-electron chi connectivity index (χ0n) is 17.4. The molecule has 1 aromatic heterocycles. The van der Waals surface area contributed by atoms with E-state index in [4.69, 9.17) is 4.74 Å². The average Bonchev–Trinajstić information content (AvgIpc) is 3.19. The Balaban J connectivity index is 1.71. The van der Waals surface area contributed by atoms with Crippen molar-refractivity contribution in [3.8, 4) is 0 Å². The summed E-state index contributed by atoms with van der Waals surface area (Å²) in [5.41, 5.74) is 4.07. The first-order valence-corrected chi connectivity index (χ1v) is 11.3. The third kappa shape index (κ3) is 4.07. The van der Waals surface area contributed by atoms with E-state index in [0.29, 0.717) is 29.8 Å². The van der Waals surface area contributed by atoms with Crippen LogP contribution in [0.4, 0.5) is 5.69 Å². The molecule has 1 aliphatic heterocycles. The summed E-state index contributed by atoms with van der Waals surface area (Å²) in [6, 6.07) is 6.83. The largest absolute Gasteiger partial charge is 0.454 e. The second kappa shape index (κ2) is 7.67. The predicted molar refractivity (Wildman–Crippen MR) is 111 cm³/mol. The van der Waals surface area contributed by atoms with Crippen molar-refractivity contribution >= 4 is 27.5 Å². The lowest BCUT2D eigenvalue weighted by Gasteiger charge is -2.16. The van der Waals surface area contributed by atoms with Crippen LogP contribution in [-0.2, 0) is 21.2 Å². The SMILES string of the molecule is Cc1cc(C(=O)COC(=O)c2ccc3c(c2)CCN3S(C)(=O)=O)c(C)n1C(C)C. The molecule has 0 radical (unpaired) electrons. The summed E-state index contributed by atoms with van der Waals surface area (Å²) < 4.78 is 32.3. The zero-order chi connectivity index (χ0) is 21.5. The summed E-state index contributed by atoms with van der Waals surface area (Å²) in [5.74, 6) is -0.848. The van der Waals surface area contributed by atoms with Crippen molar-refractivity contribution in [2.75, 3.05) is 23.7 Å². The number of anilines is 1. The fraction of sp³-hybridized carbons (Fsp3) is 0.429. The monoisotopic (exact) mass is 418 g/mol. The van der Waals surface area contributed by atoms with Crippen molar-refractivity contribution in [2.45, 2.75) is 40.2 Å². The molecule has 2 heterocycles. The summed E-state index contributed by atoms with van der Waals surface area (Å²) in [5, 5.41) is 0. The van der Waals surface area contributed by atoms with Crippen molar-refractivity contribution in [3.05, 3.63) is 52.3 Å². The van der Waals surface area contributed by atoms with E-state index < -0.39 is 16.0 Å². The number of aromatic nitrogens is 1. The molecule has 2 aromatic rings. The highest BCUT2D eigenvalue weighted by molar-refractivity contribution is 7.92. The smallest absolute Gasteiger partial charge is 0.338 e. The molecule has 0 unspecified atom stereocenters. The molecule has 0 saturated carbocycles. The molecule has 7 nitrogen and oxygen atoms in total. The van der Waals surface area contributed by atoms with E-state index in [1.807, 2.05) is 33.8 Å². The Kier molecular flexibility index (Phi) is 5.58. The summed E-state index contributed by atoms with van der Waals surface area (Å²) >= 11 is 0. The molecule has 1 aromatic carbocycles. The predicted octanol–water partition coefficient (Wildman–Crippen LogP) is 3.05. The van der Waals surface area contributed by atoms with E-state index in [1.165, 1.54) is 10.4 Å². The first-order chi connectivity index (χ1) is 13.5. The van der Waals surface area contributed by atoms with Gasteiger partial charge in [-0.05, 0) is 63.9 Å². The minimum atomic E-state index is -3.34. The van der Waals surface area contributed by atoms with Crippen LogP contribution in [0.1, 0.15) is 57.6 Å².